The van der Waals surface area contributed by atoms with Crippen LogP contribution in [-0.2, 0) is 6.54 Å². The number of pyridine rings is 1. The van der Waals surface area contributed by atoms with Crippen molar-refractivity contribution in [1.82, 2.24) is 9.55 Å². The molecule has 1 N–H and O–H groups in total. The van der Waals surface area contributed by atoms with E-state index in [0.29, 0.717) is 22.2 Å². The fourth-order valence-corrected chi connectivity index (χ4v) is 3.21. The summed E-state index contributed by atoms with van der Waals surface area (Å²) in [7, 11) is 3.13. The Kier molecular flexibility index (Phi) is 5.56. The summed E-state index contributed by atoms with van der Waals surface area (Å²) in [6.45, 7) is 2.14. The number of hydrogen-bond acceptors (Lipinski definition) is 6. The second kappa shape index (κ2) is 8.05. The van der Waals surface area contributed by atoms with Crippen LogP contribution in [0.4, 0.5) is 5.13 Å². The van der Waals surface area contributed by atoms with Crippen LogP contribution in [0.5, 0.6) is 11.5 Å². The molecule has 0 fully saturated rings. The first-order chi connectivity index (χ1) is 13.0. The number of methoxy groups -OCH3 is 2. The lowest BCUT2D eigenvalue weighted by molar-refractivity contribution is 0.102. The molecule has 0 saturated heterocycles. The molecule has 2 heterocycles. The molecule has 0 aliphatic rings. The number of nitrogens with zero attached hydrogens (tertiary/aromatic N) is 2. The van der Waals surface area contributed by atoms with Crippen molar-refractivity contribution in [2.75, 3.05) is 19.5 Å². The molecule has 1 amide bonds. The van der Waals surface area contributed by atoms with Crippen molar-refractivity contribution in [3.05, 3.63) is 69.1 Å². The standard InChI is InChI=1S/C19H19N3O4S/c1-12-11-27-19(20-12)21-18(24)14-4-5-17(23)22(10-14)9-13-6-15(25-2)8-16(7-13)26-3/h4-8,10-11H,9H2,1-3H3,(H,20,21,24). The molecule has 8 heteroatoms. The maximum atomic E-state index is 12.4. The zero-order valence-electron chi connectivity index (χ0n) is 15.2. The summed E-state index contributed by atoms with van der Waals surface area (Å²) in [5.74, 6) is 0.942. The third-order valence-electron chi connectivity index (χ3n) is 3.85. The van der Waals surface area contributed by atoms with Gasteiger partial charge in [0.1, 0.15) is 11.5 Å². The highest BCUT2D eigenvalue weighted by molar-refractivity contribution is 7.13. The number of nitrogens with one attached hydrogen (secondary N) is 1. The molecule has 0 bridgehead atoms. The minimum Gasteiger partial charge on any atom is -0.497 e. The van der Waals surface area contributed by atoms with Gasteiger partial charge in [-0.1, -0.05) is 0 Å². The number of amides is 1. The lowest BCUT2D eigenvalue weighted by atomic mass is 10.2. The van der Waals surface area contributed by atoms with E-state index in [2.05, 4.69) is 10.3 Å². The van der Waals surface area contributed by atoms with Crippen molar-refractivity contribution >= 4 is 22.4 Å². The molecule has 7 nitrogen and oxygen atoms in total. The lowest BCUT2D eigenvalue weighted by Gasteiger charge is -2.11. The maximum absolute atomic E-state index is 12.4. The van der Waals surface area contributed by atoms with E-state index in [1.165, 1.54) is 34.2 Å². The average molecular weight is 385 g/mol. The van der Waals surface area contributed by atoms with Crippen molar-refractivity contribution in [1.29, 1.82) is 0 Å². The monoisotopic (exact) mass is 385 g/mol. The van der Waals surface area contributed by atoms with Gasteiger partial charge < -0.3 is 14.0 Å². The summed E-state index contributed by atoms with van der Waals surface area (Å²) in [5.41, 5.74) is 1.82. The van der Waals surface area contributed by atoms with Crippen LogP contribution in [0.1, 0.15) is 21.6 Å². The van der Waals surface area contributed by atoms with Crippen molar-refractivity contribution in [2.45, 2.75) is 13.5 Å². The minimum atomic E-state index is -0.318. The first-order valence-corrected chi connectivity index (χ1v) is 9.02. The molecule has 0 radical (unpaired) electrons. The maximum Gasteiger partial charge on any atom is 0.258 e. The highest BCUT2D eigenvalue weighted by Gasteiger charge is 2.11. The summed E-state index contributed by atoms with van der Waals surface area (Å²) >= 11 is 1.35. The van der Waals surface area contributed by atoms with Gasteiger partial charge in [0.05, 0.1) is 32.0 Å². The third kappa shape index (κ3) is 4.53. The van der Waals surface area contributed by atoms with Crippen LogP contribution in [0.2, 0.25) is 0 Å². The SMILES string of the molecule is COc1cc(Cn2cc(C(=O)Nc3nc(C)cs3)ccc2=O)cc(OC)c1. The number of carbonyl (C=O) groups excluding carboxylic acids is 1. The van der Waals surface area contributed by atoms with Gasteiger partial charge in [-0.05, 0) is 30.7 Å². The van der Waals surface area contributed by atoms with Crippen LogP contribution in [0, 0.1) is 6.92 Å². The van der Waals surface area contributed by atoms with Crippen molar-refractivity contribution in [2.24, 2.45) is 0 Å². The summed E-state index contributed by atoms with van der Waals surface area (Å²) in [4.78, 5) is 28.9. The molecule has 2 aromatic heterocycles. The molecular weight excluding hydrogens is 366 g/mol. The molecule has 0 spiro atoms. The van der Waals surface area contributed by atoms with Crippen LogP contribution in [0.3, 0.4) is 0 Å². The molecule has 0 unspecified atom stereocenters. The van der Waals surface area contributed by atoms with E-state index >= 15 is 0 Å². The Hall–Kier alpha value is -3.13. The quantitative estimate of drug-likeness (QED) is 0.705. The van der Waals surface area contributed by atoms with E-state index in [0.717, 1.165) is 11.3 Å². The zero-order valence-corrected chi connectivity index (χ0v) is 16.0. The Balaban J connectivity index is 1.85. The second-order valence-electron chi connectivity index (χ2n) is 5.85. The smallest absolute Gasteiger partial charge is 0.258 e. The molecule has 1 aromatic carbocycles. The number of carbonyl (C=O) groups is 1. The van der Waals surface area contributed by atoms with Crippen molar-refractivity contribution in [3.63, 3.8) is 0 Å². The Labute approximate surface area is 160 Å². The fourth-order valence-electron chi connectivity index (χ4n) is 2.52. The number of benzene rings is 1. The highest BCUT2D eigenvalue weighted by atomic mass is 32.1. The predicted molar refractivity (Wildman–Crippen MR) is 104 cm³/mol. The topological polar surface area (TPSA) is 82.5 Å². The van der Waals surface area contributed by atoms with Gasteiger partial charge in [0.2, 0.25) is 0 Å². The first kappa shape index (κ1) is 18.7. The molecule has 3 aromatic rings. The largest absolute Gasteiger partial charge is 0.497 e. The molecule has 0 saturated carbocycles. The number of ether oxygens (including phenoxy) is 2. The zero-order chi connectivity index (χ0) is 19.4. The van der Waals surface area contributed by atoms with Crippen LogP contribution in [-0.4, -0.2) is 29.7 Å². The normalized spacial score (nSPS) is 10.5. The van der Waals surface area contributed by atoms with Crippen molar-refractivity contribution < 1.29 is 14.3 Å². The lowest BCUT2D eigenvalue weighted by Crippen LogP contribution is -2.22. The van der Waals surface area contributed by atoms with Crippen LogP contribution >= 0.6 is 11.3 Å². The van der Waals surface area contributed by atoms with E-state index in [-0.39, 0.29) is 18.0 Å². The second-order valence-corrected chi connectivity index (χ2v) is 6.71. The number of hydrogen-bond donors (Lipinski definition) is 1. The van der Waals surface area contributed by atoms with Gasteiger partial charge in [0, 0.05) is 23.7 Å². The molecule has 0 atom stereocenters. The molecule has 0 aliphatic carbocycles. The Morgan fingerprint density at radius 2 is 1.89 bits per heavy atom. The highest BCUT2D eigenvalue weighted by Crippen LogP contribution is 2.23. The Bertz CT molecular complexity index is 1000. The van der Waals surface area contributed by atoms with E-state index in [4.69, 9.17) is 9.47 Å². The van der Waals surface area contributed by atoms with E-state index in [1.807, 2.05) is 24.4 Å². The van der Waals surface area contributed by atoms with Crippen LogP contribution in [0.25, 0.3) is 0 Å². The molecule has 3 rings (SSSR count). The summed E-state index contributed by atoms with van der Waals surface area (Å²) < 4.78 is 12.0. The summed E-state index contributed by atoms with van der Waals surface area (Å²) in [6, 6.07) is 8.27. The number of aromatic nitrogens is 2. The number of anilines is 1. The van der Waals surface area contributed by atoms with Gasteiger partial charge in [-0.3, -0.25) is 14.9 Å². The van der Waals surface area contributed by atoms with Crippen LogP contribution in [0.15, 0.2) is 46.7 Å². The van der Waals surface area contributed by atoms with Gasteiger partial charge in [0.25, 0.3) is 11.5 Å². The predicted octanol–water partition coefficient (Wildman–Crippen LogP) is 2.93. The average Bonchev–Trinajstić information content (AvgIpc) is 3.07. The molecule has 0 aliphatic heterocycles. The van der Waals surface area contributed by atoms with E-state index < -0.39 is 0 Å². The first-order valence-electron chi connectivity index (χ1n) is 8.14. The number of aryl methyl sites for hydroxylation is 1. The van der Waals surface area contributed by atoms with Gasteiger partial charge in [-0.15, -0.1) is 11.3 Å². The third-order valence-corrected chi connectivity index (χ3v) is 4.72. The Morgan fingerprint density at radius 1 is 1.19 bits per heavy atom. The minimum absolute atomic E-state index is 0.210. The molecule has 140 valence electrons. The molecular formula is C19H19N3O4S. The molecule has 27 heavy (non-hydrogen) atoms. The van der Waals surface area contributed by atoms with Gasteiger partial charge >= 0.3 is 0 Å². The van der Waals surface area contributed by atoms with E-state index in [1.54, 1.807) is 20.3 Å². The number of rotatable bonds is 6. The van der Waals surface area contributed by atoms with Gasteiger partial charge in [0.15, 0.2) is 5.13 Å². The van der Waals surface area contributed by atoms with Gasteiger partial charge in [-0.2, -0.15) is 0 Å². The van der Waals surface area contributed by atoms with Gasteiger partial charge in [-0.25, -0.2) is 4.98 Å². The summed E-state index contributed by atoms with van der Waals surface area (Å²) in [5, 5.41) is 5.11. The fraction of sp³-hybridized carbons (Fsp3) is 0.211. The number of thiazole rings is 1. The van der Waals surface area contributed by atoms with E-state index in [9.17, 15) is 9.59 Å². The summed E-state index contributed by atoms with van der Waals surface area (Å²) in [6.07, 6.45) is 1.53. The van der Waals surface area contributed by atoms with Crippen molar-refractivity contribution in [3.8, 4) is 11.5 Å². The van der Waals surface area contributed by atoms with Crippen LogP contribution < -0.4 is 20.3 Å². The Morgan fingerprint density at radius 3 is 2.48 bits per heavy atom.